The van der Waals surface area contributed by atoms with Gasteiger partial charge >= 0.3 is 5.68 Å². The van der Waals surface area contributed by atoms with Crippen LogP contribution < -0.4 is 5.68 Å². The molecular weight excluding hydrogens is 312 g/mol. The molecule has 1 amide bonds. The Hall–Kier alpha value is -2.88. The van der Waals surface area contributed by atoms with E-state index in [9.17, 15) is 4.79 Å². The standard InChI is InChI=1S/C21H22N2O2/c1-16-20(19-13-7-4-8-14-19)25-21(22-17(2)24)23(16)15-9-12-18-10-5-3-6-11-18/h3-8,10-11,13-14H,9,12,15H2,1-2H3. The van der Waals surface area contributed by atoms with E-state index in [1.54, 1.807) is 0 Å². The third-order valence-corrected chi connectivity index (χ3v) is 4.14. The fourth-order valence-corrected chi connectivity index (χ4v) is 2.91. The summed E-state index contributed by atoms with van der Waals surface area (Å²) in [4.78, 5) is 15.5. The van der Waals surface area contributed by atoms with Gasteiger partial charge in [-0.1, -0.05) is 60.7 Å². The van der Waals surface area contributed by atoms with Crippen LogP contribution in [-0.4, -0.2) is 10.5 Å². The number of carbonyl (C=O) groups excluding carboxylic acids is 1. The summed E-state index contributed by atoms with van der Waals surface area (Å²) in [6.07, 6.45) is 1.92. The molecule has 128 valence electrons. The molecule has 4 heteroatoms. The highest BCUT2D eigenvalue weighted by molar-refractivity contribution is 5.73. The molecule has 0 atom stereocenters. The van der Waals surface area contributed by atoms with Crippen molar-refractivity contribution in [2.24, 2.45) is 4.99 Å². The molecule has 0 aliphatic rings. The first-order chi connectivity index (χ1) is 12.1. The van der Waals surface area contributed by atoms with Crippen molar-refractivity contribution in [1.82, 2.24) is 4.57 Å². The molecule has 0 saturated heterocycles. The first-order valence-electron chi connectivity index (χ1n) is 8.50. The molecule has 0 unspecified atom stereocenters. The average molecular weight is 334 g/mol. The lowest BCUT2D eigenvalue weighted by Crippen LogP contribution is -2.19. The van der Waals surface area contributed by atoms with E-state index in [0.29, 0.717) is 5.68 Å². The van der Waals surface area contributed by atoms with Crippen LogP contribution in [0.5, 0.6) is 0 Å². The zero-order valence-electron chi connectivity index (χ0n) is 14.6. The molecule has 1 heterocycles. The van der Waals surface area contributed by atoms with Crippen molar-refractivity contribution in [3.63, 3.8) is 0 Å². The third kappa shape index (κ3) is 4.15. The normalized spacial score (nSPS) is 11.7. The number of amides is 1. The highest BCUT2D eigenvalue weighted by atomic mass is 16.4. The van der Waals surface area contributed by atoms with Gasteiger partial charge in [-0.15, -0.1) is 0 Å². The maximum atomic E-state index is 11.5. The van der Waals surface area contributed by atoms with E-state index in [4.69, 9.17) is 4.42 Å². The Morgan fingerprint density at radius 2 is 1.68 bits per heavy atom. The van der Waals surface area contributed by atoms with Gasteiger partial charge in [-0.3, -0.25) is 9.36 Å². The minimum Gasteiger partial charge on any atom is -0.423 e. The zero-order chi connectivity index (χ0) is 17.6. The van der Waals surface area contributed by atoms with E-state index in [2.05, 4.69) is 29.3 Å². The lowest BCUT2D eigenvalue weighted by molar-refractivity contribution is -0.116. The van der Waals surface area contributed by atoms with Crippen molar-refractivity contribution in [3.05, 3.63) is 77.6 Å². The number of aromatic nitrogens is 1. The molecule has 3 rings (SSSR count). The fourth-order valence-electron chi connectivity index (χ4n) is 2.91. The Morgan fingerprint density at radius 3 is 2.32 bits per heavy atom. The van der Waals surface area contributed by atoms with Crippen LogP contribution in [0.2, 0.25) is 0 Å². The van der Waals surface area contributed by atoms with E-state index in [-0.39, 0.29) is 5.91 Å². The van der Waals surface area contributed by atoms with Gasteiger partial charge in [0.05, 0.1) is 5.69 Å². The van der Waals surface area contributed by atoms with Gasteiger partial charge in [0.1, 0.15) is 0 Å². The molecule has 0 N–H and O–H groups in total. The lowest BCUT2D eigenvalue weighted by Gasteiger charge is -2.05. The number of hydrogen-bond donors (Lipinski definition) is 0. The van der Waals surface area contributed by atoms with Crippen molar-refractivity contribution in [3.8, 4) is 11.3 Å². The average Bonchev–Trinajstić information content (AvgIpc) is 2.92. The van der Waals surface area contributed by atoms with Gasteiger partial charge in [0.15, 0.2) is 5.76 Å². The Bertz CT molecular complexity index is 906. The van der Waals surface area contributed by atoms with Crippen molar-refractivity contribution < 1.29 is 9.21 Å². The summed E-state index contributed by atoms with van der Waals surface area (Å²) < 4.78 is 7.91. The van der Waals surface area contributed by atoms with Crippen LogP contribution in [-0.2, 0) is 17.8 Å². The second kappa shape index (κ2) is 7.79. The zero-order valence-corrected chi connectivity index (χ0v) is 14.6. The SMILES string of the molecule is CC(=O)N=c1oc(-c2ccccc2)c(C)n1CCCc1ccccc1. The van der Waals surface area contributed by atoms with E-state index in [0.717, 1.165) is 36.4 Å². The van der Waals surface area contributed by atoms with Gasteiger partial charge in [0.25, 0.3) is 0 Å². The smallest absolute Gasteiger partial charge is 0.305 e. The van der Waals surface area contributed by atoms with E-state index >= 15 is 0 Å². The Morgan fingerprint density at radius 1 is 1.04 bits per heavy atom. The largest absolute Gasteiger partial charge is 0.423 e. The van der Waals surface area contributed by atoms with E-state index < -0.39 is 0 Å². The summed E-state index contributed by atoms with van der Waals surface area (Å²) in [7, 11) is 0. The van der Waals surface area contributed by atoms with Gasteiger partial charge in [-0.05, 0) is 25.3 Å². The van der Waals surface area contributed by atoms with Crippen molar-refractivity contribution in [2.75, 3.05) is 0 Å². The summed E-state index contributed by atoms with van der Waals surface area (Å²) in [5, 5.41) is 0. The molecule has 0 spiro atoms. The van der Waals surface area contributed by atoms with Gasteiger partial charge in [0.2, 0.25) is 5.91 Å². The molecule has 0 fully saturated rings. The van der Waals surface area contributed by atoms with Gasteiger partial charge in [0, 0.05) is 19.0 Å². The second-order valence-corrected chi connectivity index (χ2v) is 6.04. The molecule has 0 radical (unpaired) electrons. The second-order valence-electron chi connectivity index (χ2n) is 6.04. The topological polar surface area (TPSA) is 47.5 Å². The third-order valence-electron chi connectivity index (χ3n) is 4.14. The molecular formula is C21H22N2O2. The summed E-state index contributed by atoms with van der Waals surface area (Å²) in [5.74, 6) is 0.505. The minimum absolute atomic E-state index is 0.259. The van der Waals surface area contributed by atoms with E-state index in [1.807, 2.05) is 47.9 Å². The number of oxazole rings is 1. The Labute approximate surface area is 147 Å². The number of nitrogens with zero attached hydrogens (tertiary/aromatic N) is 2. The maximum absolute atomic E-state index is 11.5. The Kier molecular flexibility index (Phi) is 5.29. The predicted octanol–water partition coefficient (Wildman–Crippen LogP) is 4.14. The van der Waals surface area contributed by atoms with Crippen LogP contribution in [0.3, 0.4) is 0 Å². The minimum atomic E-state index is -0.259. The number of hydrogen-bond acceptors (Lipinski definition) is 2. The highest BCUT2D eigenvalue weighted by Gasteiger charge is 2.13. The predicted molar refractivity (Wildman–Crippen MR) is 97.9 cm³/mol. The van der Waals surface area contributed by atoms with Crippen LogP contribution in [0.1, 0.15) is 24.6 Å². The Balaban J connectivity index is 1.89. The summed E-state index contributed by atoms with van der Waals surface area (Å²) >= 11 is 0. The summed E-state index contributed by atoms with van der Waals surface area (Å²) in [5.41, 5.74) is 3.65. The molecule has 25 heavy (non-hydrogen) atoms. The van der Waals surface area contributed by atoms with Crippen molar-refractivity contribution in [1.29, 1.82) is 0 Å². The van der Waals surface area contributed by atoms with Gasteiger partial charge < -0.3 is 4.42 Å². The molecule has 0 saturated carbocycles. The molecule has 1 aromatic heterocycles. The van der Waals surface area contributed by atoms with E-state index in [1.165, 1.54) is 12.5 Å². The fraction of sp³-hybridized carbons (Fsp3) is 0.238. The quantitative estimate of drug-likeness (QED) is 0.704. The van der Waals surface area contributed by atoms with Crippen LogP contribution in [0.25, 0.3) is 11.3 Å². The van der Waals surface area contributed by atoms with Crippen LogP contribution in [0, 0.1) is 6.92 Å². The first kappa shape index (κ1) is 17.0. The maximum Gasteiger partial charge on any atom is 0.305 e. The molecule has 4 nitrogen and oxygen atoms in total. The highest BCUT2D eigenvalue weighted by Crippen LogP contribution is 2.22. The lowest BCUT2D eigenvalue weighted by atomic mass is 10.1. The molecule has 3 aromatic rings. The van der Waals surface area contributed by atoms with Gasteiger partial charge in [-0.2, -0.15) is 4.99 Å². The number of aryl methyl sites for hydroxylation is 1. The van der Waals surface area contributed by atoms with Crippen molar-refractivity contribution in [2.45, 2.75) is 33.2 Å². The van der Waals surface area contributed by atoms with Crippen molar-refractivity contribution >= 4 is 5.91 Å². The molecule has 2 aromatic carbocycles. The van der Waals surface area contributed by atoms with Crippen LogP contribution >= 0.6 is 0 Å². The van der Waals surface area contributed by atoms with Crippen LogP contribution in [0.15, 0.2) is 70.1 Å². The summed E-state index contributed by atoms with van der Waals surface area (Å²) in [6.45, 7) is 4.20. The monoisotopic (exact) mass is 334 g/mol. The number of benzene rings is 2. The van der Waals surface area contributed by atoms with Gasteiger partial charge in [-0.25, -0.2) is 0 Å². The summed E-state index contributed by atoms with van der Waals surface area (Å²) in [6, 6.07) is 20.3. The molecule has 0 aliphatic heterocycles. The molecule has 0 aliphatic carbocycles. The molecule has 0 bridgehead atoms. The number of rotatable bonds is 5. The number of carbonyl (C=O) groups is 1. The van der Waals surface area contributed by atoms with Crippen LogP contribution in [0.4, 0.5) is 0 Å². The first-order valence-corrected chi connectivity index (χ1v) is 8.50.